The molecule has 2 heterocycles. The molecule has 1 N–H and O–H groups in total. The van der Waals surface area contributed by atoms with Crippen molar-refractivity contribution in [3.05, 3.63) is 34.9 Å². The Hall–Kier alpha value is -0.650. The van der Waals surface area contributed by atoms with Crippen molar-refractivity contribution in [2.24, 2.45) is 0 Å². The van der Waals surface area contributed by atoms with E-state index in [-0.39, 0.29) is 0 Å². The summed E-state index contributed by atoms with van der Waals surface area (Å²) in [5.41, 5.74) is 0.907. The SMILES string of the molecule is OC(CN1CCCC1CN1CCOCC1)c1cccc(Cl)c1. The highest BCUT2D eigenvalue weighted by molar-refractivity contribution is 6.30. The van der Waals surface area contributed by atoms with Crippen molar-refractivity contribution in [2.75, 3.05) is 45.9 Å². The van der Waals surface area contributed by atoms with Gasteiger partial charge in [-0.3, -0.25) is 9.80 Å². The number of hydrogen-bond acceptors (Lipinski definition) is 4. The maximum Gasteiger partial charge on any atom is 0.0917 e. The third-order valence-electron chi connectivity index (χ3n) is 4.71. The molecule has 1 aromatic carbocycles. The first-order valence-electron chi connectivity index (χ1n) is 8.20. The number of likely N-dealkylation sites (tertiary alicyclic amines) is 1. The lowest BCUT2D eigenvalue weighted by Gasteiger charge is -2.33. The molecular formula is C17H25ClN2O2. The molecule has 0 saturated carbocycles. The van der Waals surface area contributed by atoms with Crippen LogP contribution in [0.15, 0.2) is 24.3 Å². The number of rotatable bonds is 5. The first-order valence-corrected chi connectivity index (χ1v) is 8.58. The van der Waals surface area contributed by atoms with Gasteiger partial charge in [0.25, 0.3) is 0 Å². The summed E-state index contributed by atoms with van der Waals surface area (Å²) in [6.45, 7) is 6.60. The molecule has 2 saturated heterocycles. The van der Waals surface area contributed by atoms with Crippen LogP contribution in [0.3, 0.4) is 0 Å². The number of aliphatic hydroxyl groups excluding tert-OH is 1. The molecule has 22 heavy (non-hydrogen) atoms. The molecule has 2 aliphatic heterocycles. The quantitative estimate of drug-likeness (QED) is 0.900. The highest BCUT2D eigenvalue weighted by atomic mass is 35.5. The van der Waals surface area contributed by atoms with Crippen LogP contribution in [0.2, 0.25) is 5.02 Å². The number of benzene rings is 1. The van der Waals surface area contributed by atoms with Crippen molar-refractivity contribution < 1.29 is 9.84 Å². The standard InChI is InChI=1S/C17H25ClN2O2/c18-15-4-1-3-14(11-15)17(21)13-20-6-2-5-16(20)12-19-7-9-22-10-8-19/h1,3-4,11,16-17,21H,2,5-10,12-13H2. The summed E-state index contributed by atoms with van der Waals surface area (Å²) in [5, 5.41) is 11.2. The van der Waals surface area contributed by atoms with Gasteiger partial charge < -0.3 is 9.84 Å². The van der Waals surface area contributed by atoms with Crippen molar-refractivity contribution in [1.82, 2.24) is 9.80 Å². The van der Waals surface area contributed by atoms with Crippen LogP contribution in [0, 0.1) is 0 Å². The van der Waals surface area contributed by atoms with E-state index in [4.69, 9.17) is 16.3 Å². The van der Waals surface area contributed by atoms with Crippen molar-refractivity contribution >= 4 is 11.6 Å². The minimum atomic E-state index is -0.469. The summed E-state index contributed by atoms with van der Waals surface area (Å²) in [6, 6.07) is 8.10. The van der Waals surface area contributed by atoms with Gasteiger partial charge in [-0.1, -0.05) is 23.7 Å². The molecule has 2 aliphatic rings. The van der Waals surface area contributed by atoms with Gasteiger partial charge in [-0.15, -0.1) is 0 Å². The van der Waals surface area contributed by atoms with Crippen molar-refractivity contribution in [3.8, 4) is 0 Å². The summed E-state index contributed by atoms with van der Waals surface area (Å²) in [6.07, 6.45) is 1.97. The normalized spacial score (nSPS) is 25.5. The Kier molecular flexibility index (Phi) is 5.71. The number of hydrogen-bond donors (Lipinski definition) is 1. The van der Waals surface area contributed by atoms with Crippen LogP contribution in [0.4, 0.5) is 0 Å². The van der Waals surface area contributed by atoms with E-state index in [9.17, 15) is 5.11 Å². The van der Waals surface area contributed by atoms with E-state index in [1.807, 2.05) is 24.3 Å². The van der Waals surface area contributed by atoms with E-state index in [1.165, 1.54) is 12.8 Å². The Labute approximate surface area is 137 Å². The van der Waals surface area contributed by atoms with Crippen LogP contribution >= 0.6 is 11.6 Å². The van der Waals surface area contributed by atoms with Gasteiger partial charge in [0.1, 0.15) is 0 Å². The van der Waals surface area contributed by atoms with Crippen molar-refractivity contribution in [3.63, 3.8) is 0 Å². The smallest absolute Gasteiger partial charge is 0.0917 e. The second kappa shape index (κ2) is 7.75. The highest BCUT2D eigenvalue weighted by Crippen LogP contribution is 2.24. The summed E-state index contributed by atoms with van der Waals surface area (Å²) in [7, 11) is 0. The molecule has 2 unspecified atom stereocenters. The molecule has 3 rings (SSSR count). The molecule has 2 atom stereocenters. The number of nitrogens with zero attached hydrogens (tertiary/aromatic N) is 2. The average molecular weight is 325 g/mol. The fourth-order valence-electron chi connectivity index (χ4n) is 3.47. The first-order chi connectivity index (χ1) is 10.7. The third-order valence-corrected chi connectivity index (χ3v) is 4.95. The Morgan fingerprint density at radius 1 is 1.27 bits per heavy atom. The van der Waals surface area contributed by atoms with E-state index in [0.29, 0.717) is 17.6 Å². The fraction of sp³-hybridized carbons (Fsp3) is 0.647. The molecule has 122 valence electrons. The van der Waals surface area contributed by atoms with Gasteiger partial charge in [-0.25, -0.2) is 0 Å². The molecular weight excluding hydrogens is 300 g/mol. The minimum absolute atomic E-state index is 0.469. The molecule has 0 aliphatic carbocycles. The van der Waals surface area contributed by atoms with Crippen LogP contribution in [0.5, 0.6) is 0 Å². The average Bonchev–Trinajstić information content (AvgIpc) is 2.95. The zero-order valence-corrected chi connectivity index (χ0v) is 13.7. The van der Waals surface area contributed by atoms with Crippen LogP contribution < -0.4 is 0 Å². The second-order valence-electron chi connectivity index (χ2n) is 6.27. The molecule has 0 aromatic heterocycles. The monoisotopic (exact) mass is 324 g/mol. The van der Waals surface area contributed by atoms with Gasteiger partial charge in [0.15, 0.2) is 0 Å². The number of morpholine rings is 1. The molecule has 0 bridgehead atoms. The molecule has 0 spiro atoms. The lowest BCUT2D eigenvalue weighted by molar-refractivity contribution is 0.0219. The fourth-order valence-corrected chi connectivity index (χ4v) is 3.66. The van der Waals surface area contributed by atoms with Crippen LogP contribution in [0.25, 0.3) is 0 Å². The molecule has 0 radical (unpaired) electrons. The van der Waals surface area contributed by atoms with E-state index in [2.05, 4.69) is 9.80 Å². The van der Waals surface area contributed by atoms with Crippen molar-refractivity contribution in [1.29, 1.82) is 0 Å². The number of halogens is 1. The highest BCUT2D eigenvalue weighted by Gasteiger charge is 2.28. The lowest BCUT2D eigenvalue weighted by Crippen LogP contribution is -2.45. The van der Waals surface area contributed by atoms with E-state index in [0.717, 1.165) is 45.0 Å². The molecule has 5 heteroatoms. The molecule has 2 fully saturated rings. The third kappa shape index (κ3) is 4.21. The van der Waals surface area contributed by atoms with Gasteiger partial charge in [0.05, 0.1) is 19.3 Å². The Balaban J connectivity index is 1.56. The van der Waals surface area contributed by atoms with Gasteiger partial charge in [0, 0.05) is 37.2 Å². The Morgan fingerprint density at radius 2 is 2.09 bits per heavy atom. The van der Waals surface area contributed by atoms with E-state index < -0.39 is 6.10 Å². The van der Waals surface area contributed by atoms with Crippen LogP contribution in [0.1, 0.15) is 24.5 Å². The largest absolute Gasteiger partial charge is 0.387 e. The maximum atomic E-state index is 10.5. The number of β-amino-alcohol motifs (C(OH)–C–C–N with tert-alkyl or cyclic N) is 1. The topological polar surface area (TPSA) is 35.9 Å². The van der Waals surface area contributed by atoms with Crippen LogP contribution in [-0.2, 0) is 4.74 Å². The zero-order chi connectivity index (χ0) is 15.4. The molecule has 1 aromatic rings. The van der Waals surface area contributed by atoms with Gasteiger partial charge in [0.2, 0.25) is 0 Å². The zero-order valence-electron chi connectivity index (χ0n) is 13.0. The van der Waals surface area contributed by atoms with Crippen LogP contribution in [-0.4, -0.2) is 66.9 Å². The first kappa shape index (κ1) is 16.2. The maximum absolute atomic E-state index is 10.5. The second-order valence-corrected chi connectivity index (χ2v) is 6.71. The predicted octanol–water partition coefficient (Wildman–Crippen LogP) is 2.17. The van der Waals surface area contributed by atoms with Gasteiger partial charge >= 0.3 is 0 Å². The number of ether oxygens (including phenoxy) is 1. The molecule has 4 nitrogen and oxygen atoms in total. The Morgan fingerprint density at radius 3 is 2.86 bits per heavy atom. The number of aliphatic hydroxyl groups is 1. The lowest BCUT2D eigenvalue weighted by atomic mass is 10.1. The van der Waals surface area contributed by atoms with E-state index in [1.54, 1.807) is 0 Å². The Bertz CT molecular complexity index is 479. The van der Waals surface area contributed by atoms with Gasteiger partial charge in [-0.05, 0) is 37.1 Å². The summed E-state index contributed by atoms with van der Waals surface area (Å²) in [5.74, 6) is 0. The van der Waals surface area contributed by atoms with Gasteiger partial charge in [-0.2, -0.15) is 0 Å². The predicted molar refractivity (Wildman–Crippen MR) is 88.3 cm³/mol. The van der Waals surface area contributed by atoms with E-state index >= 15 is 0 Å². The van der Waals surface area contributed by atoms with Crippen molar-refractivity contribution in [2.45, 2.75) is 25.0 Å². The minimum Gasteiger partial charge on any atom is -0.387 e. The summed E-state index contributed by atoms with van der Waals surface area (Å²) >= 11 is 6.02. The summed E-state index contributed by atoms with van der Waals surface area (Å²) in [4.78, 5) is 4.92. The summed E-state index contributed by atoms with van der Waals surface area (Å²) < 4.78 is 5.42. The molecule has 0 amide bonds.